The van der Waals surface area contributed by atoms with Crippen LogP contribution >= 0.6 is 11.3 Å². The molecule has 0 radical (unpaired) electrons. The summed E-state index contributed by atoms with van der Waals surface area (Å²) in [4.78, 5) is 17.6. The van der Waals surface area contributed by atoms with Gasteiger partial charge >= 0.3 is 0 Å². The van der Waals surface area contributed by atoms with Gasteiger partial charge in [-0.3, -0.25) is 4.79 Å². The maximum atomic E-state index is 12.6. The van der Waals surface area contributed by atoms with Crippen LogP contribution in [-0.4, -0.2) is 41.9 Å². The molecule has 0 aliphatic rings. The van der Waals surface area contributed by atoms with E-state index in [1.807, 2.05) is 42.9 Å². The molecule has 0 unspecified atom stereocenters. The number of carbonyl (C=O) groups excluding carboxylic acids is 1. The van der Waals surface area contributed by atoms with E-state index in [2.05, 4.69) is 25.6 Å². The average Bonchev–Trinajstić information content (AvgIpc) is 3.39. The molecule has 4 aromatic rings. The molecule has 4 aromatic heterocycles. The van der Waals surface area contributed by atoms with Gasteiger partial charge in [0.2, 0.25) is 5.88 Å². The van der Waals surface area contributed by atoms with Crippen LogP contribution in [0.25, 0.3) is 10.8 Å². The lowest BCUT2D eigenvalue weighted by Crippen LogP contribution is -2.24. The molecule has 0 saturated heterocycles. The molecule has 0 spiro atoms. The lowest BCUT2D eigenvalue weighted by molar-refractivity contribution is 0.0953. The number of nitrogens with one attached hydrogen (secondary N) is 1. The number of aryl methyl sites for hydroxylation is 1. The minimum absolute atomic E-state index is 0.193. The molecule has 10 heteroatoms. The van der Waals surface area contributed by atoms with Gasteiger partial charge in [0.05, 0.1) is 18.8 Å². The molecule has 1 amide bonds. The number of hydrogen-bond donors (Lipinski definition) is 1. The van der Waals surface area contributed by atoms with Crippen molar-refractivity contribution in [1.29, 1.82) is 0 Å². The second-order valence-electron chi connectivity index (χ2n) is 5.67. The van der Waals surface area contributed by atoms with Crippen molar-refractivity contribution >= 4 is 22.9 Å². The van der Waals surface area contributed by atoms with Gasteiger partial charge in [-0.2, -0.15) is 4.52 Å². The molecule has 0 aliphatic carbocycles. The Labute approximate surface area is 158 Å². The minimum atomic E-state index is -0.207. The number of fused-ring (bicyclic) bond motifs is 1. The zero-order valence-corrected chi connectivity index (χ0v) is 15.6. The Morgan fingerprint density at radius 1 is 1.26 bits per heavy atom. The Morgan fingerprint density at radius 2 is 2.07 bits per heavy atom. The van der Waals surface area contributed by atoms with Crippen molar-refractivity contribution in [3.63, 3.8) is 0 Å². The van der Waals surface area contributed by atoms with E-state index >= 15 is 0 Å². The Morgan fingerprint density at radius 3 is 2.85 bits per heavy atom. The lowest BCUT2D eigenvalue weighted by Gasteiger charge is -2.04. The van der Waals surface area contributed by atoms with Crippen molar-refractivity contribution in [1.82, 2.24) is 34.7 Å². The lowest BCUT2D eigenvalue weighted by atomic mass is 10.3. The summed E-state index contributed by atoms with van der Waals surface area (Å²) in [5.41, 5.74) is 1.27. The molecular weight excluding hydrogens is 366 g/mol. The van der Waals surface area contributed by atoms with E-state index < -0.39 is 0 Å². The average molecular weight is 383 g/mol. The monoisotopic (exact) mass is 383 g/mol. The van der Waals surface area contributed by atoms with Gasteiger partial charge in [-0.05, 0) is 32.0 Å². The first kappa shape index (κ1) is 17.2. The normalized spacial score (nSPS) is 11.0. The molecule has 27 heavy (non-hydrogen) atoms. The van der Waals surface area contributed by atoms with Crippen molar-refractivity contribution in [2.45, 2.75) is 20.4 Å². The smallest absolute Gasteiger partial charge is 0.263 e. The number of ether oxygens (including phenoxy) is 1. The first-order chi connectivity index (χ1) is 13.2. The van der Waals surface area contributed by atoms with Crippen molar-refractivity contribution in [2.24, 2.45) is 0 Å². The Hall–Kier alpha value is -3.27. The van der Waals surface area contributed by atoms with Crippen LogP contribution in [0.5, 0.6) is 5.88 Å². The van der Waals surface area contributed by atoms with E-state index in [0.717, 1.165) is 5.13 Å². The van der Waals surface area contributed by atoms with Crippen LogP contribution in [-0.2, 0) is 6.54 Å². The molecule has 0 aromatic carbocycles. The highest BCUT2D eigenvalue weighted by Crippen LogP contribution is 2.21. The molecule has 1 N–H and O–H groups in total. The van der Waals surface area contributed by atoms with Gasteiger partial charge < -0.3 is 14.6 Å². The van der Waals surface area contributed by atoms with E-state index in [9.17, 15) is 4.79 Å². The Bertz CT molecular complexity index is 1080. The summed E-state index contributed by atoms with van der Waals surface area (Å²) in [6.45, 7) is 4.42. The van der Waals surface area contributed by atoms with E-state index in [1.54, 1.807) is 16.6 Å². The number of nitrogens with zero attached hydrogens (tertiary/aromatic N) is 6. The Balaban J connectivity index is 1.51. The highest BCUT2D eigenvalue weighted by Gasteiger charge is 2.17. The summed E-state index contributed by atoms with van der Waals surface area (Å²) in [5.74, 6) is 0.792. The standard InChI is InChI=1S/C17H17N7O2S/c1-3-26-14-7-6-12-20-21-13(24(12)22-14)10-18-16(25)15-11(2)19-17(27-15)23-8-4-5-9-23/h4-9H,3,10H2,1-2H3,(H,18,25). The number of amides is 1. The topological polar surface area (TPSA) is 99.2 Å². The molecule has 0 fully saturated rings. The molecule has 0 bridgehead atoms. The quantitative estimate of drug-likeness (QED) is 0.547. The molecule has 4 heterocycles. The summed E-state index contributed by atoms with van der Waals surface area (Å²) < 4.78 is 8.84. The summed E-state index contributed by atoms with van der Waals surface area (Å²) in [5, 5.41) is 16.1. The van der Waals surface area contributed by atoms with Crippen LogP contribution in [0.15, 0.2) is 36.7 Å². The fraction of sp³-hybridized carbons (Fsp3) is 0.235. The number of thiazole rings is 1. The summed E-state index contributed by atoms with van der Waals surface area (Å²) in [7, 11) is 0. The van der Waals surface area contributed by atoms with Gasteiger partial charge in [0, 0.05) is 18.5 Å². The SMILES string of the molecule is CCOc1ccc2nnc(CNC(=O)c3sc(-n4cccc4)nc3C)n2n1. The molecule has 138 valence electrons. The predicted octanol–water partition coefficient (Wildman–Crippen LogP) is 2.01. The van der Waals surface area contributed by atoms with Gasteiger partial charge in [-0.15, -0.1) is 15.3 Å². The number of aromatic nitrogens is 6. The maximum Gasteiger partial charge on any atom is 0.263 e. The summed E-state index contributed by atoms with van der Waals surface area (Å²) >= 11 is 1.34. The van der Waals surface area contributed by atoms with Crippen LogP contribution in [0, 0.1) is 6.92 Å². The van der Waals surface area contributed by atoms with E-state index in [4.69, 9.17) is 4.74 Å². The maximum absolute atomic E-state index is 12.6. The van der Waals surface area contributed by atoms with Crippen molar-refractivity contribution < 1.29 is 9.53 Å². The summed E-state index contributed by atoms with van der Waals surface area (Å²) in [6, 6.07) is 7.33. The van der Waals surface area contributed by atoms with Gasteiger partial charge in [0.15, 0.2) is 16.6 Å². The molecule has 0 saturated carbocycles. The van der Waals surface area contributed by atoms with Gasteiger partial charge in [-0.25, -0.2) is 4.98 Å². The first-order valence-corrected chi connectivity index (χ1v) is 9.20. The highest BCUT2D eigenvalue weighted by molar-refractivity contribution is 7.16. The zero-order chi connectivity index (χ0) is 18.8. The van der Waals surface area contributed by atoms with E-state index in [1.165, 1.54) is 11.3 Å². The first-order valence-electron chi connectivity index (χ1n) is 8.39. The van der Waals surface area contributed by atoms with Crippen LogP contribution in [0.4, 0.5) is 0 Å². The second-order valence-corrected chi connectivity index (χ2v) is 6.65. The van der Waals surface area contributed by atoms with Crippen LogP contribution in [0.1, 0.15) is 28.1 Å². The number of rotatable bonds is 6. The molecule has 4 rings (SSSR count). The molecular formula is C17H17N7O2S. The van der Waals surface area contributed by atoms with Gasteiger partial charge in [0.1, 0.15) is 4.88 Å². The molecule has 9 nitrogen and oxygen atoms in total. The van der Waals surface area contributed by atoms with Gasteiger partial charge in [-0.1, -0.05) is 11.3 Å². The predicted molar refractivity (Wildman–Crippen MR) is 99.3 cm³/mol. The van der Waals surface area contributed by atoms with Crippen LogP contribution in [0.3, 0.4) is 0 Å². The minimum Gasteiger partial charge on any atom is -0.477 e. The van der Waals surface area contributed by atoms with Crippen molar-refractivity contribution in [2.75, 3.05) is 6.61 Å². The fourth-order valence-corrected chi connectivity index (χ4v) is 3.51. The highest BCUT2D eigenvalue weighted by atomic mass is 32.1. The zero-order valence-electron chi connectivity index (χ0n) is 14.8. The van der Waals surface area contributed by atoms with Crippen molar-refractivity contribution in [3.05, 3.63) is 53.1 Å². The molecule has 0 atom stereocenters. The third-order valence-electron chi connectivity index (χ3n) is 3.82. The third-order valence-corrected chi connectivity index (χ3v) is 4.99. The summed E-state index contributed by atoms with van der Waals surface area (Å²) in [6.07, 6.45) is 3.79. The van der Waals surface area contributed by atoms with E-state index in [0.29, 0.717) is 34.5 Å². The molecule has 0 aliphatic heterocycles. The fourth-order valence-electron chi connectivity index (χ4n) is 2.56. The number of hydrogen-bond acceptors (Lipinski definition) is 7. The largest absolute Gasteiger partial charge is 0.477 e. The second kappa shape index (κ2) is 7.16. The number of carbonyl (C=O) groups is 1. The van der Waals surface area contributed by atoms with Crippen LogP contribution < -0.4 is 10.1 Å². The van der Waals surface area contributed by atoms with Crippen LogP contribution in [0.2, 0.25) is 0 Å². The third kappa shape index (κ3) is 3.38. The Kier molecular flexibility index (Phi) is 4.55. The van der Waals surface area contributed by atoms with Crippen molar-refractivity contribution in [3.8, 4) is 11.0 Å². The van der Waals surface area contributed by atoms with Gasteiger partial charge in [0.25, 0.3) is 5.91 Å². The van der Waals surface area contributed by atoms with E-state index in [-0.39, 0.29) is 12.5 Å².